The first-order valence-corrected chi connectivity index (χ1v) is 11.3. The van der Waals surface area contributed by atoms with Crippen molar-refractivity contribution in [2.24, 2.45) is 5.92 Å². The lowest BCUT2D eigenvalue weighted by Gasteiger charge is -2.23. The van der Waals surface area contributed by atoms with Crippen LogP contribution >= 0.6 is 15.9 Å². The molecule has 5 heteroatoms. The van der Waals surface area contributed by atoms with Gasteiger partial charge in [-0.05, 0) is 73.6 Å². The highest BCUT2D eigenvalue weighted by Gasteiger charge is 2.51. The number of hydrogen-bond acceptors (Lipinski definition) is 2. The smallest absolute Gasteiger partial charge is 0.255 e. The first-order valence-electron chi connectivity index (χ1n) is 10.5. The van der Waals surface area contributed by atoms with Crippen molar-refractivity contribution in [2.45, 2.75) is 50.4 Å². The Labute approximate surface area is 180 Å². The van der Waals surface area contributed by atoms with Gasteiger partial charge in [0.1, 0.15) is 0 Å². The molecule has 0 radical (unpaired) electrons. The summed E-state index contributed by atoms with van der Waals surface area (Å²) in [4.78, 5) is 25.2. The fourth-order valence-electron chi connectivity index (χ4n) is 4.25. The SMILES string of the molecule is O=C(Nc1ccc(C2(C(=O)NCC3CCCCC3)CC2)cc1)c1ccc(Br)cc1. The van der Waals surface area contributed by atoms with E-state index in [1.54, 1.807) is 12.1 Å². The van der Waals surface area contributed by atoms with E-state index < -0.39 is 0 Å². The summed E-state index contributed by atoms with van der Waals surface area (Å²) in [5.74, 6) is 0.658. The zero-order valence-corrected chi connectivity index (χ0v) is 18.1. The Morgan fingerprint density at radius 2 is 1.59 bits per heavy atom. The van der Waals surface area contributed by atoms with E-state index in [0.29, 0.717) is 11.5 Å². The third-order valence-corrected chi connectivity index (χ3v) is 6.79. The largest absolute Gasteiger partial charge is 0.355 e. The van der Waals surface area contributed by atoms with Gasteiger partial charge in [-0.25, -0.2) is 0 Å². The Hall–Kier alpha value is -2.14. The van der Waals surface area contributed by atoms with E-state index in [0.717, 1.165) is 35.1 Å². The van der Waals surface area contributed by atoms with Crippen molar-refractivity contribution in [3.8, 4) is 0 Å². The van der Waals surface area contributed by atoms with E-state index in [-0.39, 0.29) is 17.2 Å². The van der Waals surface area contributed by atoms with E-state index in [4.69, 9.17) is 0 Å². The number of carbonyl (C=O) groups excluding carboxylic acids is 2. The van der Waals surface area contributed by atoms with Crippen molar-refractivity contribution < 1.29 is 9.59 Å². The first kappa shape index (κ1) is 20.1. The highest BCUT2D eigenvalue weighted by molar-refractivity contribution is 9.10. The molecule has 4 nitrogen and oxygen atoms in total. The van der Waals surface area contributed by atoms with Gasteiger partial charge in [-0.2, -0.15) is 0 Å². The molecule has 0 bridgehead atoms. The van der Waals surface area contributed by atoms with Gasteiger partial charge < -0.3 is 10.6 Å². The zero-order valence-electron chi connectivity index (χ0n) is 16.5. The summed E-state index contributed by atoms with van der Waals surface area (Å²) in [6.07, 6.45) is 8.18. The summed E-state index contributed by atoms with van der Waals surface area (Å²) in [6, 6.07) is 15.0. The van der Waals surface area contributed by atoms with Crippen LogP contribution in [0.3, 0.4) is 0 Å². The lowest BCUT2D eigenvalue weighted by molar-refractivity contribution is -0.123. The second-order valence-electron chi connectivity index (χ2n) is 8.33. The molecular weight excluding hydrogens is 428 g/mol. The van der Waals surface area contributed by atoms with Crippen molar-refractivity contribution in [1.82, 2.24) is 5.32 Å². The third kappa shape index (κ3) is 4.72. The van der Waals surface area contributed by atoms with E-state index >= 15 is 0 Å². The van der Waals surface area contributed by atoms with Crippen molar-refractivity contribution in [3.63, 3.8) is 0 Å². The Morgan fingerprint density at radius 3 is 2.21 bits per heavy atom. The predicted octanol–water partition coefficient (Wildman–Crippen LogP) is 5.43. The molecule has 2 amide bonds. The van der Waals surface area contributed by atoms with Gasteiger partial charge in [-0.1, -0.05) is 47.3 Å². The number of amides is 2. The number of nitrogens with one attached hydrogen (secondary N) is 2. The minimum absolute atomic E-state index is 0.142. The topological polar surface area (TPSA) is 58.2 Å². The number of anilines is 1. The molecule has 0 heterocycles. The van der Waals surface area contributed by atoms with Crippen LogP contribution in [0.4, 0.5) is 5.69 Å². The fourth-order valence-corrected chi connectivity index (χ4v) is 4.51. The molecule has 0 saturated heterocycles. The number of carbonyl (C=O) groups is 2. The average Bonchev–Trinajstić information content (AvgIpc) is 3.56. The van der Waals surface area contributed by atoms with Crippen molar-refractivity contribution in [3.05, 3.63) is 64.1 Å². The maximum absolute atomic E-state index is 12.9. The van der Waals surface area contributed by atoms with E-state index in [9.17, 15) is 9.59 Å². The first-order chi connectivity index (χ1) is 14.1. The van der Waals surface area contributed by atoms with Crippen LogP contribution in [0.5, 0.6) is 0 Å². The van der Waals surface area contributed by atoms with Crippen LogP contribution in [0, 0.1) is 5.92 Å². The molecule has 0 spiro atoms. The molecule has 0 atom stereocenters. The van der Waals surface area contributed by atoms with Crippen LogP contribution in [0.2, 0.25) is 0 Å². The summed E-state index contributed by atoms with van der Waals surface area (Å²) in [7, 11) is 0. The summed E-state index contributed by atoms with van der Waals surface area (Å²) in [5.41, 5.74) is 2.02. The quantitative estimate of drug-likeness (QED) is 0.611. The molecule has 2 fully saturated rings. The van der Waals surface area contributed by atoms with Gasteiger partial charge in [0.05, 0.1) is 5.41 Å². The molecule has 2 aliphatic rings. The van der Waals surface area contributed by atoms with Crippen LogP contribution in [-0.2, 0) is 10.2 Å². The lowest BCUT2D eigenvalue weighted by atomic mass is 9.88. The van der Waals surface area contributed by atoms with Crippen LogP contribution in [0.1, 0.15) is 60.9 Å². The Balaban J connectivity index is 1.36. The van der Waals surface area contributed by atoms with Crippen LogP contribution < -0.4 is 10.6 Å². The second-order valence-corrected chi connectivity index (χ2v) is 9.25. The van der Waals surface area contributed by atoms with Gasteiger partial charge in [0, 0.05) is 22.3 Å². The standard InChI is InChI=1S/C24H27BrN2O2/c25-20-10-6-18(7-11-20)22(28)27-21-12-8-19(9-13-21)24(14-15-24)23(29)26-16-17-4-2-1-3-5-17/h6-13,17H,1-5,14-16H2,(H,26,29)(H,27,28). The molecule has 4 rings (SSSR count). The van der Waals surface area contributed by atoms with Gasteiger partial charge in [0.25, 0.3) is 5.91 Å². The molecule has 2 aromatic rings. The molecule has 2 saturated carbocycles. The zero-order chi connectivity index (χ0) is 20.3. The second kappa shape index (κ2) is 8.70. The van der Waals surface area contributed by atoms with E-state index in [1.165, 1.54) is 32.1 Å². The fraction of sp³-hybridized carbons (Fsp3) is 0.417. The Morgan fingerprint density at radius 1 is 0.931 bits per heavy atom. The summed E-state index contributed by atoms with van der Waals surface area (Å²) in [5, 5.41) is 6.13. The van der Waals surface area contributed by atoms with Gasteiger partial charge >= 0.3 is 0 Å². The molecule has 2 aliphatic carbocycles. The third-order valence-electron chi connectivity index (χ3n) is 6.26. The molecule has 29 heavy (non-hydrogen) atoms. The molecular formula is C24H27BrN2O2. The van der Waals surface area contributed by atoms with Crippen molar-refractivity contribution >= 4 is 33.4 Å². The molecule has 2 N–H and O–H groups in total. The minimum atomic E-state index is -0.372. The number of hydrogen-bond donors (Lipinski definition) is 2. The van der Waals surface area contributed by atoms with Gasteiger partial charge in [-0.15, -0.1) is 0 Å². The monoisotopic (exact) mass is 454 g/mol. The Kier molecular flexibility index (Phi) is 6.04. The summed E-state index contributed by atoms with van der Waals surface area (Å²) in [6.45, 7) is 0.807. The highest BCUT2D eigenvalue weighted by Crippen LogP contribution is 2.48. The van der Waals surface area contributed by atoms with E-state index in [1.807, 2.05) is 36.4 Å². The number of halogens is 1. The van der Waals surface area contributed by atoms with Gasteiger partial charge in [0.15, 0.2) is 0 Å². The van der Waals surface area contributed by atoms with Crippen LogP contribution in [0.15, 0.2) is 53.0 Å². The molecule has 0 unspecified atom stereocenters. The Bertz CT molecular complexity index is 867. The van der Waals surface area contributed by atoms with Crippen LogP contribution in [0.25, 0.3) is 0 Å². The highest BCUT2D eigenvalue weighted by atomic mass is 79.9. The lowest BCUT2D eigenvalue weighted by Crippen LogP contribution is -2.38. The molecule has 2 aromatic carbocycles. The maximum Gasteiger partial charge on any atom is 0.255 e. The molecule has 0 aliphatic heterocycles. The van der Waals surface area contributed by atoms with Crippen LogP contribution in [-0.4, -0.2) is 18.4 Å². The molecule has 0 aromatic heterocycles. The van der Waals surface area contributed by atoms with Crippen molar-refractivity contribution in [2.75, 3.05) is 11.9 Å². The predicted molar refractivity (Wildman–Crippen MR) is 119 cm³/mol. The van der Waals surface area contributed by atoms with Gasteiger partial charge in [0.2, 0.25) is 5.91 Å². The summed E-state index contributed by atoms with van der Waals surface area (Å²) >= 11 is 3.37. The molecule has 152 valence electrons. The summed E-state index contributed by atoms with van der Waals surface area (Å²) < 4.78 is 0.940. The normalized spacial score (nSPS) is 18.1. The number of rotatable bonds is 6. The maximum atomic E-state index is 12.9. The van der Waals surface area contributed by atoms with E-state index in [2.05, 4.69) is 26.6 Å². The average molecular weight is 455 g/mol. The van der Waals surface area contributed by atoms with Gasteiger partial charge in [-0.3, -0.25) is 9.59 Å². The number of benzene rings is 2. The minimum Gasteiger partial charge on any atom is -0.355 e. The van der Waals surface area contributed by atoms with Crippen molar-refractivity contribution in [1.29, 1.82) is 0 Å².